The fourth-order valence-electron chi connectivity index (χ4n) is 2.57. The van der Waals surface area contributed by atoms with Crippen LogP contribution in [0.5, 0.6) is 0 Å². The number of benzene rings is 2. The summed E-state index contributed by atoms with van der Waals surface area (Å²) in [5.41, 5.74) is 7.15. The fraction of sp³-hybridized carbons (Fsp3) is 0.300. The molecular formula is C20H24N2O2. The molecule has 1 atom stereocenters. The molecule has 0 fully saturated rings. The third kappa shape index (κ3) is 4.52. The largest absolute Gasteiger partial charge is 0.311 e. The summed E-state index contributed by atoms with van der Waals surface area (Å²) in [4.78, 5) is 26.9. The number of nitrogens with two attached hydrogens (primary N) is 1. The van der Waals surface area contributed by atoms with E-state index in [1.54, 1.807) is 48.5 Å². The average molecular weight is 324 g/mol. The van der Waals surface area contributed by atoms with Crippen molar-refractivity contribution in [2.24, 2.45) is 5.73 Å². The smallest absolute Gasteiger partial charge is 0.262 e. The van der Waals surface area contributed by atoms with E-state index in [0.717, 1.165) is 19.3 Å². The number of amides is 2. The van der Waals surface area contributed by atoms with Crippen LogP contribution < -0.4 is 5.73 Å². The normalized spacial score (nSPS) is 11.8. The van der Waals surface area contributed by atoms with Gasteiger partial charge < -0.3 is 5.73 Å². The Morgan fingerprint density at radius 1 is 0.875 bits per heavy atom. The first kappa shape index (κ1) is 17.9. The van der Waals surface area contributed by atoms with Crippen LogP contribution in [0.1, 0.15) is 53.3 Å². The number of rotatable bonds is 7. The molecule has 0 bridgehead atoms. The van der Waals surface area contributed by atoms with Crippen LogP contribution in [-0.4, -0.2) is 22.9 Å². The van der Waals surface area contributed by atoms with Gasteiger partial charge >= 0.3 is 0 Å². The van der Waals surface area contributed by atoms with Crippen LogP contribution in [0, 0.1) is 0 Å². The van der Waals surface area contributed by atoms with Gasteiger partial charge in [0.15, 0.2) is 0 Å². The Labute approximate surface area is 143 Å². The molecule has 4 nitrogen and oxygen atoms in total. The zero-order valence-electron chi connectivity index (χ0n) is 14.0. The van der Waals surface area contributed by atoms with E-state index in [9.17, 15) is 9.59 Å². The van der Waals surface area contributed by atoms with Gasteiger partial charge in [-0.1, -0.05) is 62.6 Å². The Morgan fingerprint density at radius 3 is 1.75 bits per heavy atom. The number of imide groups is 1. The van der Waals surface area contributed by atoms with Crippen molar-refractivity contribution in [3.8, 4) is 0 Å². The van der Waals surface area contributed by atoms with Crippen molar-refractivity contribution in [3.05, 3.63) is 71.8 Å². The van der Waals surface area contributed by atoms with Gasteiger partial charge in [0.25, 0.3) is 11.8 Å². The molecule has 0 aromatic heterocycles. The average Bonchev–Trinajstić information content (AvgIpc) is 2.63. The van der Waals surface area contributed by atoms with Crippen LogP contribution in [0.3, 0.4) is 0 Å². The highest BCUT2D eigenvalue weighted by Gasteiger charge is 2.28. The molecule has 0 spiro atoms. The van der Waals surface area contributed by atoms with Crippen LogP contribution in [-0.2, 0) is 0 Å². The minimum atomic E-state index is -0.628. The Hall–Kier alpha value is -2.46. The molecule has 0 aliphatic carbocycles. The standard InChI is InChI=1S/C20H24N2O2/c1-2-3-6-15-18(21)22(19(23)16-11-7-4-8-12-16)20(24)17-13-9-5-10-14-17/h4-5,7-14,18H,2-3,6,15,21H2,1H3. The van der Waals surface area contributed by atoms with Gasteiger partial charge in [-0.3, -0.25) is 14.5 Å². The maximum absolute atomic E-state index is 12.9. The molecule has 0 heterocycles. The van der Waals surface area contributed by atoms with Crippen molar-refractivity contribution >= 4 is 11.8 Å². The van der Waals surface area contributed by atoms with Gasteiger partial charge in [0.05, 0.1) is 6.17 Å². The van der Waals surface area contributed by atoms with E-state index in [2.05, 4.69) is 6.92 Å². The molecule has 0 aliphatic rings. The summed E-state index contributed by atoms with van der Waals surface area (Å²) in [6.45, 7) is 2.10. The van der Waals surface area contributed by atoms with Gasteiger partial charge in [-0.25, -0.2) is 0 Å². The molecule has 24 heavy (non-hydrogen) atoms. The van der Waals surface area contributed by atoms with E-state index < -0.39 is 6.17 Å². The maximum atomic E-state index is 12.9. The number of carbonyl (C=O) groups excluding carboxylic acids is 2. The highest BCUT2D eigenvalue weighted by atomic mass is 16.2. The van der Waals surface area contributed by atoms with Gasteiger partial charge in [0.2, 0.25) is 0 Å². The molecule has 2 aromatic carbocycles. The third-order valence-corrected chi connectivity index (χ3v) is 3.91. The van der Waals surface area contributed by atoms with Crippen LogP contribution >= 0.6 is 0 Å². The second-order valence-electron chi connectivity index (χ2n) is 5.78. The third-order valence-electron chi connectivity index (χ3n) is 3.91. The minimum Gasteiger partial charge on any atom is -0.311 e. The van der Waals surface area contributed by atoms with Crippen molar-refractivity contribution in [2.45, 2.75) is 38.8 Å². The van der Waals surface area contributed by atoms with E-state index >= 15 is 0 Å². The Kier molecular flexibility index (Phi) is 6.70. The lowest BCUT2D eigenvalue weighted by atomic mass is 10.1. The van der Waals surface area contributed by atoms with Crippen molar-refractivity contribution < 1.29 is 9.59 Å². The lowest BCUT2D eigenvalue weighted by Crippen LogP contribution is -2.49. The number of hydrogen-bond acceptors (Lipinski definition) is 3. The summed E-state index contributed by atoms with van der Waals surface area (Å²) in [7, 11) is 0. The van der Waals surface area contributed by atoms with Crippen molar-refractivity contribution in [1.29, 1.82) is 0 Å². The highest BCUT2D eigenvalue weighted by Crippen LogP contribution is 2.15. The van der Waals surface area contributed by atoms with E-state index in [1.807, 2.05) is 12.1 Å². The first-order chi connectivity index (χ1) is 11.6. The predicted molar refractivity (Wildman–Crippen MR) is 95.5 cm³/mol. The van der Waals surface area contributed by atoms with E-state index in [0.29, 0.717) is 17.5 Å². The van der Waals surface area contributed by atoms with Gasteiger partial charge in [0.1, 0.15) is 0 Å². The number of nitrogens with zero attached hydrogens (tertiary/aromatic N) is 1. The summed E-state index contributed by atoms with van der Waals surface area (Å²) in [6.07, 6.45) is 2.95. The van der Waals surface area contributed by atoms with E-state index in [4.69, 9.17) is 5.73 Å². The highest BCUT2D eigenvalue weighted by molar-refractivity contribution is 6.10. The van der Waals surface area contributed by atoms with Gasteiger partial charge in [-0.2, -0.15) is 0 Å². The lowest BCUT2D eigenvalue weighted by Gasteiger charge is -2.27. The van der Waals surface area contributed by atoms with Gasteiger partial charge in [-0.05, 0) is 30.7 Å². The molecule has 0 aliphatic heterocycles. The molecule has 0 saturated carbocycles. The number of unbranched alkanes of at least 4 members (excludes halogenated alkanes) is 2. The second-order valence-corrected chi connectivity index (χ2v) is 5.78. The summed E-state index contributed by atoms with van der Waals surface area (Å²) in [5, 5.41) is 0. The first-order valence-corrected chi connectivity index (χ1v) is 8.38. The number of carbonyl (C=O) groups is 2. The molecule has 126 valence electrons. The van der Waals surface area contributed by atoms with Crippen LogP contribution in [0.15, 0.2) is 60.7 Å². The van der Waals surface area contributed by atoms with Crippen LogP contribution in [0.4, 0.5) is 0 Å². The molecule has 2 amide bonds. The van der Waals surface area contributed by atoms with Crippen molar-refractivity contribution in [1.82, 2.24) is 4.90 Å². The molecule has 2 aromatic rings. The van der Waals surface area contributed by atoms with Crippen molar-refractivity contribution in [2.75, 3.05) is 0 Å². The quantitative estimate of drug-likeness (QED) is 0.478. The molecule has 1 unspecified atom stereocenters. The van der Waals surface area contributed by atoms with Crippen molar-refractivity contribution in [3.63, 3.8) is 0 Å². The summed E-state index contributed by atoms with van der Waals surface area (Å²) >= 11 is 0. The summed E-state index contributed by atoms with van der Waals surface area (Å²) in [6, 6.07) is 17.6. The molecule has 0 saturated heterocycles. The Bertz CT molecular complexity index is 604. The molecular weight excluding hydrogens is 300 g/mol. The Morgan fingerprint density at radius 2 is 1.33 bits per heavy atom. The van der Waals surface area contributed by atoms with E-state index in [-0.39, 0.29) is 11.8 Å². The topological polar surface area (TPSA) is 63.4 Å². The lowest BCUT2D eigenvalue weighted by molar-refractivity contribution is 0.0539. The first-order valence-electron chi connectivity index (χ1n) is 8.38. The minimum absolute atomic E-state index is 0.353. The van der Waals surface area contributed by atoms with Crippen LogP contribution in [0.2, 0.25) is 0 Å². The van der Waals surface area contributed by atoms with E-state index in [1.165, 1.54) is 4.90 Å². The fourth-order valence-corrected chi connectivity index (χ4v) is 2.57. The zero-order valence-corrected chi connectivity index (χ0v) is 14.0. The van der Waals surface area contributed by atoms with Gasteiger partial charge in [0, 0.05) is 11.1 Å². The SMILES string of the molecule is CCCCCC(N)N(C(=O)c1ccccc1)C(=O)c1ccccc1. The maximum Gasteiger partial charge on any atom is 0.262 e. The molecule has 2 N–H and O–H groups in total. The second kappa shape index (κ2) is 8.99. The van der Waals surface area contributed by atoms with Crippen LogP contribution in [0.25, 0.3) is 0 Å². The summed E-state index contributed by atoms with van der Waals surface area (Å²) in [5.74, 6) is -0.707. The van der Waals surface area contributed by atoms with Gasteiger partial charge in [-0.15, -0.1) is 0 Å². The molecule has 4 heteroatoms. The monoisotopic (exact) mass is 324 g/mol. The zero-order chi connectivity index (χ0) is 17.4. The Balaban J connectivity index is 2.27. The number of hydrogen-bond donors (Lipinski definition) is 1. The summed E-state index contributed by atoms with van der Waals surface area (Å²) < 4.78 is 0. The molecule has 0 radical (unpaired) electrons. The predicted octanol–water partition coefficient (Wildman–Crippen LogP) is 3.83. The molecule has 2 rings (SSSR count).